The molecule has 2 aliphatic heterocycles. The zero-order valence-corrected chi connectivity index (χ0v) is 11.6. The minimum atomic E-state index is 0.0701. The topological polar surface area (TPSA) is 32.7 Å². The van der Waals surface area contributed by atoms with Gasteiger partial charge in [-0.15, -0.1) is 0 Å². The van der Waals surface area contributed by atoms with Gasteiger partial charge < -0.3 is 9.84 Å². The number of fused-ring (bicyclic) bond motifs is 1. The summed E-state index contributed by atoms with van der Waals surface area (Å²) < 4.78 is 5.92. The molecule has 2 unspecified atom stereocenters. The molecule has 2 heterocycles. The Kier molecular flexibility index (Phi) is 3.50. The van der Waals surface area contributed by atoms with E-state index in [9.17, 15) is 5.11 Å². The lowest BCUT2D eigenvalue weighted by molar-refractivity contribution is 0.0996. The van der Waals surface area contributed by atoms with Crippen LogP contribution in [-0.4, -0.2) is 41.8 Å². The van der Waals surface area contributed by atoms with Crippen molar-refractivity contribution in [3.8, 4) is 5.75 Å². The first kappa shape index (κ1) is 12.9. The van der Waals surface area contributed by atoms with Crippen LogP contribution >= 0.6 is 0 Å². The average molecular weight is 261 g/mol. The molecule has 0 bridgehead atoms. The molecule has 2 saturated heterocycles. The fourth-order valence-corrected chi connectivity index (χ4v) is 3.70. The molecular formula is C16H23NO2. The summed E-state index contributed by atoms with van der Waals surface area (Å²) >= 11 is 0. The van der Waals surface area contributed by atoms with Crippen molar-refractivity contribution in [3.63, 3.8) is 0 Å². The van der Waals surface area contributed by atoms with Gasteiger partial charge in [-0.2, -0.15) is 0 Å². The lowest BCUT2D eigenvalue weighted by Crippen LogP contribution is -2.41. The van der Waals surface area contributed by atoms with Crippen molar-refractivity contribution >= 4 is 0 Å². The summed E-state index contributed by atoms with van der Waals surface area (Å²) in [7, 11) is 0. The van der Waals surface area contributed by atoms with Gasteiger partial charge in [0.1, 0.15) is 5.75 Å². The molecule has 0 radical (unpaired) electrons. The fourth-order valence-electron chi connectivity index (χ4n) is 3.70. The van der Waals surface area contributed by atoms with Crippen LogP contribution in [0.5, 0.6) is 5.75 Å². The van der Waals surface area contributed by atoms with Crippen molar-refractivity contribution < 1.29 is 9.84 Å². The van der Waals surface area contributed by atoms with Crippen LogP contribution in [0.4, 0.5) is 0 Å². The van der Waals surface area contributed by atoms with Crippen LogP contribution < -0.4 is 4.74 Å². The molecule has 2 fully saturated rings. The number of aryl methyl sites for hydroxylation is 1. The summed E-state index contributed by atoms with van der Waals surface area (Å²) in [5, 5.41) is 9.68. The molecule has 3 rings (SSSR count). The van der Waals surface area contributed by atoms with E-state index in [1.807, 2.05) is 12.1 Å². The van der Waals surface area contributed by atoms with Crippen molar-refractivity contribution in [2.75, 3.05) is 26.3 Å². The zero-order chi connectivity index (χ0) is 13.3. The molecule has 2 aliphatic rings. The highest BCUT2D eigenvalue weighted by atomic mass is 16.5. The van der Waals surface area contributed by atoms with Gasteiger partial charge >= 0.3 is 0 Å². The van der Waals surface area contributed by atoms with Gasteiger partial charge in [-0.25, -0.2) is 0 Å². The molecule has 0 aliphatic carbocycles. The second-order valence-electron chi connectivity index (χ2n) is 6.13. The Labute approximate surface area is 115 Å². The Balaban J connectivity index is 1.58. The van der Waals surface area contributed by atoms with Gasteiger partial charge in [-0.05, 0) is 50.4 Å². The third-order valence-electron chi connectivity index (χ3n) is 4.66. The van der Waals surface area contributed by atoms with Crippen molar-refractivity contribution in [1.82, 2.24) is 4.90 Å². The van der Waals surface area contributed by atoms with Crippen molar-refractivity contribution in [1.29, 1.82) is 0 Å². The first-order chi connectivity index (χ1) is 9.22. The van der Waals surface area contributed by atoms with E-state index in [4.69, 9.17) is 4.74 Å². The Morgan fingerprint density at radius 3 is 3.11 bits per heavy atom. The van der Waals surface area contributed by atoms with Gasteiger partial charge in [0.05, 0.1) is 13.2 Å². The van der Waals surface area contributed by atoms with E-state index in [1.54, 1.807) is 0 Å². The van der Waals surface area contributed by atoms with Crippen LogP contribution in [0, 0.1) is 12.8 Å². The summed E-state index contributed by atoms with van der Waals surface area (Å²) in [6, 6.07) is 8.22. The van der Waals surface area contributed by atoms with Crippen LogP contribution in [0.15, 0.2) is 24.3 Å². The van der Waals surface area contributed by atoms with Crippen molar-refractivity contribution in [2.24, 2.45) is 5.92 Å². The molecule has 0 spiro atoms. The van der Waals surface area contributed by atoms with E-state index in [2.05, 4.69) is 24.0 Å². The first-order valence-electron chi connectivity index (χ1n) is 7.27. The minimum Gasteiger partial charge on any atom is -0.493 e. The Hall–Kier alpha value is -1.06. The lowest BCUT2D eigenvalue weighted by Gasteiger charge is -2.29. The molecule has 1 N–H and O–H groups in total. The third-order valence-corrected chi connectivity index (χ3v) is 4.66. The van der Waals surface area contributed by atoms with E-state index < -0.39 is 0 Å². The largest absolute Gasteiger partial charge is 0.493 e. The highest BCUT2D eigenvalue weighted by molar-refractivity contribution is 5.27. The summed E-state index contributed by atoms with van der Waals surface area (Å²) in [4.78, 5) is 2.47. The number of hydrogen-bond donors (Lipinski definition) is 1. The number of aliphatic hydroxyl groups is 1. The SMILES string of the molecule is Cc1cccc(OCC2CN3CCCC3(CO)C2)c1. The zero-order valence-electron chi connectivity index (χ0n) is 11.6. The average Bonchev–Trinajstić information content (AvgIpc) is 2.93. The third kappa shape index (κ3) is 2.49. The molecule has 0 saturated carbocycles. The van der Waals surface area contributed by atoms with Crippen molar-refractivity contribution in [2.45, 2.75) is 31.7 Å². The van der Waals surface area contributed by atoms with Crippen LogP contribution in [0.2, 0.25) is 0 Å². The number of ether oxygens (including phenoxy) is 1. The summed E-state index contributed by atoms with van der Waals surface area (Å²) in [5.74, 6) is 1.51. The smallest absolute Gasteiger partial charge is 0.119 e. The van der Waals surface area contributed by atoms with Gasteiger partial charge in [0.2, 0.25) is 0 Å². The molecular weight excluding hydrogens is 238 g/mol. The Morgan fingerprint density at radius 1 is 1.47 bits per heavy atom. The first-order valence-corrected chi connectivity index (χ1v) is 7.27. The Morgan fingerprint density at radius 2 is 2.37 bits per heavy atom. The quantitative estimate of drug-likeness (QED) is 0.902. The van der Waals surface area contributed by atoms with E-state index in [-0.39, 0.29) is 5.54 Å². The van der Waals surface area contributed by atoms with E-state index in [1.165, 1.54) is 12.0 Å². The monoisotopic (exact) mass is 261 g/mol. The van der Waals surface area contributed by atoms with Gasteiger partial charge in [0.15, 0.2) is 0 Å². The standard InChI is InChI=1S/C16H23NO2/c1-13-4-2-5-15(8-13)19-11-14-9-16(12-18)6-3-7-17(16)10-14/h2,4-5,8,14,18H,3,6-7,9-12H2,1H3. The van der Waals surface area contributed by atoms with Crippen molar-refractivity contribution in [3.05, 3.63) is 29.8 Å². The predicted molar refractivity (Wildman–Crippen MR) is 75.4 cm³/mol. The second kappa shape index (κ2) is 5.14. The van der Waals surface area contributed by atoms with Gasteiger partial charge in [0, 0.05) is 18.0 Å². The minimum absolute atomic E-state index is 0.0701. The maximum Gasteiger partial charge on any atom is 0.119 e. The highest BCUT2D eigenvalue weighted by Gasteiger charge is 2.47. The number of rotatable bonds is 4. The summed E-state index contributed by atoms with van der Waals surface area (Å²) in [5.41, 5.74) is 1.30. The highest BCUT2D eigenvalue weighted by Crippen LogP contribution is 2.41. The molecule has 19 heavy (non-hydrogen) atoms. The fraction of sp³-hybridized carbons (Fsp3) is 0.625. The number of nitrogens with zero attached hydrogens (tertiary/aromatic N) is 1. The molecule has 0 amide bonds. The molecule has 104 valence electrons. The summed E-state index contributed by atoms with van der Waals surface area (Å²) in [6.07, 6.45) is 3.45. The van der Waals surface area contributed by atoms with Crippen LogP contribution in [0.25, 0.3) is 0 Å². The van der Waals surface area contributed by atoms with E-state index in [0.29, 0.717) is 12.5 Å². The van der Waals surface area contributed by atoms with Crippen LogP contribution in [-0.2, 0) is 0 Å². The van der Waals surface area contributed by atoms with E-state index >= 15 is 0 Å². The molecule has 2 atom stereocenters. The summed E-state index contributed by atoms with van der Waals surface area (Å²) in [6.45, 7) is 5.36. The second-order valence-corrected chi connectivity index (χ2v) is 6.13. The Bertz CT molecular complexity index is 448. The van der Waals surface area contributed by atoms with Gasteiger partial charge in [-0.1, -0.05) is 12.1 Å². The number of benzene rings is 1. The normalized spacial score (nSPS) is 30.5. The maximum atomic E-state index is 9.68. The molecule has 1 aromatic rings. The molecule has 0 aromatic heterocycles. The van der Waals surface area contributed by atoms with Gasteiger partial charge in [0.25, 0.3) is 0 Å². The number of aliphatic hydroxyl groups excluding tert-OH is 1. The molecule has 3 heteroatoms. The van der Waals surface area contributed by atoms with Crippen LogP contribution in [0.1, 0.15) is 24.8 Å². The van der Waals surface area contributed by atoms with E-state index in [0.717, 1.165) is 38.3 Å². The molecule has 1 aromatic carbocycles. The molecule has 3 nitrogen and oxygen atoms in total. The van der Waals surface area contributed by atoms with Gasteiger partial charge in [-0.3, -0.25) is 4.90 Å². The lowest BCUT2D eigenvalue weighted by atomic mass is 9.91. The number of hydrogen-bond acceptors (Lipinski definition) is 3. The predicted octanol–water partition coefficient (Wildman–Crippen LogP) is 2.22. The maximum absolute atomic E-state index is 9.68. The van der Waals surface area contributed by atoms with Crippen LogP contribution in [0.3, 0.4) is 0 Å².